The zero-order valence-corrected chi connectivity index (χ0v) is 9.46. The van der Waals surface area contributed by atoms with Crippen LogP contribution in [0.25, 0.3) is 0 Å². The monoisotopic (exact) mass is 218 g/mol. The topological polar surface area (TPSA) is 33.3 Å². The molecule has 0 spiro atoms. The zero-order valence-electron chi connectivity index (χ0n) is 9.46. The Morgan fingerprint density at radius 1 is 1.12 bits per heavy atom. The second-order valence-electron chi connectivity index (χ2n) is 4.56. The third-order valence-electron chi connectivity index (χ3n) is 3.38. The van der Waals surface area contributed by atoms with Crippen molar-refractivity contribution in [1.82, 2.24) is 5.32 Å². The van der Waals surface area contributed by atoms with Crippen LogP contribution in [0.15, 0.2) is 18.2 Å². The van der Waals surface area contributed by atoms with Crippen molar-refractivity contribution in [3.63, 3.8) is 0 Å². The van der Waals surface area contributed by atoms with Crippen LogP contribution < -0.4 is 15.4 Å². The minimum Gasteiger partial charge on any atom is -0.490 e. The van der Waals surface area contributed by atoms with Gasteiger partial charge < -0.3 is 15.4 Å². The molecule has 0 amide bonds. The minimum atomic E-state index is 0.390. The van der Waals surface area contributed by atoms with Crippen LogP contribution in [0.5, 0.6) is 5.75 Å². The van der Waals surface area contributed by atoms with E-state index < -0.39 is 0 Å². The Morgan fingerprint density at radius 2 is 2.00 bits per heavy atom. The van der Waals surface area contributed by atoms with Crippen molar-refractivity contribution >= 4 is 5.69 Å². The molecule has 0 unspecified atom stereocenters. The highest BCUT2D eigenvalue weighted by Crippen LogP contribution is 2.28. The van der Waals surface area contributed by atoms with Gasteiger partial charge in [-0.3, -0.25) is 0 Å². The van der Waals surface area contributed by atoms with Crippen molar-refractivity contribution in [3.8, 4) is 5.75 Å². The molecule has 2 aliphatic rings. The number of hydrogen-bond acceptors (Lipinski definition) is 3. The fourth-order valence-corrected chi connectivity index (χ4v) is 2.45. The number of piperidine rings is 1. The molecule has 16 heavy (non-hydrogen) atoms. The van der Waals surface area contributed by atoms with E-state index in [1.54, 1.807) is 0 Å². The largest absolute Gasteiger partial charge is 0.490 e. The van der Waals surface area contributed by atoms with Gasteiger partial charge in [-0.05, 0) is 44.0 Å². The van der Waals surface area contributed by atoms with Crippen molar-refractivity contribution in [2.24, 2.45) is 0 Å². The fraction of sp³-hybridized carbons (Fsp3) is 0.538. The maximum atomic E-state index is 6.00. The Labute approximate surface area is 96.2 Å². The second-order valence-corrected chi connectivity index (χ2v) is 4.56. The van der Waals surface area contributed by atoms with Gasteiger partial charge in [-0.15, -0.1) is 0 Å². The average Bonchev–Trinajstić information content (AvgIpc) is 2.77. The molecule has 86 valence electrons. The van der Waals surface area contributed by atoms with Crippen LogP contribution in [0.2, 0.25) is 0 Å². The predicted molar refractivity (Wildman–Crippen MR) is 65.2 cm³/mol. The van der Waals surface area contributed by atoms with E-state index in [1.807, 2.05) is 0 Å². The molecule has 3 rings (SSSR count). The lowest BCUT2D eigenvalue weighted by atomic mass is 10.1. The summed E-state index contributed by atoms with van der Waals surface area (Å²) < 4.78 is 6.00. The van der Waals surface area contributed by atoms with Crippen molar-refractivity contribution in [2.45, 2.75) is 25.4 Å². The number of ether oxygens (including phenoxy) is 1. The van der Waals surface area contributed by atoms with E-state index in [0.717, 1.165) is 44.6 Å². The third kappa shape index (κ3) is 2.00. The summed E-state index contributed by atoms with van der Waals surface area (Å²) in [6.07, 6.45) is 3.76. The highest BCUT2D eigenvalue weighted by molar-refractivity contribution is 5.58. The number of nitrogens with one attached hydrogen (secondary N) is 2. The van der Waals surface area contributed by atoms with Crippen LogP contribution in [0.3, 0.4) is 0 Å². The first kappa shape index (κ1) is 9.97. The van der Waals surface area contributed by atoms with Gasteiger partial charge in [-0.1, -0.05) is 6.07 Å². The molecule has 0 aromatic heterocycles. The molecular weight excluding hydrogens is 200 g/mol. The van der Waals surface area contributed by atoms with Gasteiger partial charge in [0.25, 0.3) is 0 Å². The maximum absolute atomic E-state index is 6.00. The van der Waals surface area contributed by atoms with E-state index in [4.69, 9.17) is 4.74 Å². The zero-order chi connectivity index (χ0) is 10.8. The molecule has 1 saturated heterocycles. The van der Waals surface area contributed by atoms with Crippen molar-refractivity contribution in [2.75, 3.05) is 25.0 Å². The van der Waals surface area contributed by atoms with Crippen molar-refractivity contribution in [1.29, 1.82) is 0 Å². The fourth-order valence-electron chi connectivity index (χ4n) is 2.45. The molecule has 1 aromatic rings. The van der Waals surface area contributed by atoms with Crippen LogP contribution in [-0.4, -0.2) is 25.7 Å². The van der Waals surface area contributed by atoms with Gasteiger partial charge in [0.15, 0.2) is 0 Å². The molecule has 1 fully saturated rings. The number of hydrogen-bond donors (Lipinski definition) is 2. The summed E-state index contributed by atoms with van der Waals surface area (Å²) in [5.74, 6) is 1.01. The summed E-state index contributed by atoms with van der Waals surface area (Å²) in [4.78, 5) is 0. The van der Waals surface area contributed by atoms with Crippen LogP contribution in [0, 0.1) is 0 Å². The van der Waals surface area contributed by atoms with Gasteiger partial charge in [-0.25, -0.2) is 0 Å². The highest BCUT2D eigenvalue weighted by atomic mass is 16.5. The predicted octanol–water partition coefficient (Wildman–Crippen LogP) is 1.79. The van der Waals surface area contributed by atoms with Crippen LogP contribution in [0.1, 0.15) is 18.4 Å². The van der Waals surface area contributed by atoms with Crippen LogP contribution in [-0.2, 0) is 6.42 Å². The Balaban J connectivity index is 1.69. The SMILES string of the molecule is c1cc2c(cc1OC1CCNCC1)NCC2. The Morgan fingerprint density at radius 3 is 2.88 bits per heavy atom. The van der Waals surface area contributed by atoms with E-state index in [1.165, 1.54) is 11.3 Å². The number of benzene rings is 1. The first-order chi connectivity index (χ1) is 7.92. The summed E-state index contributed by atoms with van der Waals surface area (Å²) in [5.41, 5.74) is 2.67. The molecule has 0 atom stereocenters. The van der Waals surface area contributed by atoms with E-state index in [2.05, 4.69) is 28.8 Å². The molecule has 1 aromatic carbocycles. The molecule has 2 aliphatic heterocycles. The number of rotatable bonds is 2. The standard InChI is InChI=1S/C13H18N2O/c1-2-12(9-13-10(1)3-8-15-13)16-11-4-6-14-7-5-11/h1-2,9,11,14-15H,3-8H2. The van der Waals surface area contributed by atoms with E-state index in [0.29, 0.717) is 6.10 Å². The van der Waals surface area contributed by atoms with Gasteiger partial charge in [0, 0.05) is 18.3 Å². The molecule has 2 N–H and O–H groups in total. The number of anilines is 1. The van der Waals surface area contributed by atoms with Gasteiger partial charge in [0.05, 0.1) is 0 Å². The quantitative estimate of drug-likeness (QED) is 0.794. The summed E-state index contributed by atoms with van der Waals surface area (Å²) in [6, 6.07) is 6.43. The normalized spacial score (nSPS) is 20.2. The first-order valence-corrected chi connectivity index (χ1v) is 6.16. The molecule has 2 heterocycles. The Hall–Kier alpha value is -1.22. The maximum Gasteiger partial charge on any atom is 0.121 e. The summed E-state index contributed by atoms with van der Waals surface area (Å²) >= 11 is 0. The Kier molecular flexibility index (Phi) is 2.70. The van der Waals surface area contributed by atoms with E-state index in [9.17, 15) is 0 Å². The third-order valence-corrected chi connectivity index (χ3v) is 3.38. The smallest absolute Gasteiger partial charge is 0.121 e. The first-order valence-electron chi connectivity index (χ1n) is 6.16. The lowest BCUT2D eigenvalue weighted by Gasteiger charge is -2.24. The van der Waals surface area contributed by atoms with Gasteiger partial charge in [0.2, 0.25) is 0 Å². The number of fused-ring (bicyclic) bond motifs is 1. The molecule has 3 heteroatoms. The van der Waals surface area contributed by atoms with Crippen molar-refractivity contribution < 1.29 is 4.74 Å². The van der Waals surface area contributed by atoms with Gasteiger partial charge >= 0.3 is 0 Å². The molecule has 0 radical (unpaired) electrons. The minimum absolute atomic E-state index is 0.390. The van der Waals surface area contributed by atoms with E-state index in [-0.39, 0.29) is 0 Å². The molecule has 0 bridgehead atoms. The summed E-state index contributed by atoms with van der Waals surface area (Å²) in [7, 11) is 0. The van der Waals surface area contributed by atoms with Gasteiger partial charge in [0.1, 0.15) is 11.9 Å². The average molecular weight is 218 g/mol. The lowest BCUT2D eigenvalue weighted by Crippen LogP contribution is -2.34. The molecule has 3 nitrogen and oxygen atoms in total. The summed E-state index contributed by atoms with van der Waals surface area (Å²) in [6.45, 7) is 3.22. The molecular formula is C13H18N2O. The Bertz CT molecular complexity index is 372. The highest BCUT2D eigenvalue weighted by Gasteiger charge is 2.16. The molecule has 0 aliphatic carbocycles. The van der Waals surface area contributed by atoms with E-state index >= 15 is 0 Å². The van der Waals surface area contributed by atoms with Gasteiger partial charge in [-0.2, -0.15) is 0 Å². The van der Waals surface area contributed by atoms with Crippen LogP contribution in [0.4, 0.5) is 5.69 Å². The lowest BCUT2D eigenvalue weighted by molar-refractivity contribution is 0.162. The van der Waals surface area contributed by atoms with Crippen molar-refractivity contribution in [3.05, 3.63) is 23.8 Å². The summed E-state index contributed by atoms with van der Waals surface area (Å²) in [5, 5.41) is 6.74. The second kappa shape index (κ2) is 4.34. The van der Waals surface area contributed by atoms with Crippen LogP contribution >= 0.6 is 0 Å². The molecule has 0 saturated carbocycles.